The number of aliphatic carboxylic acids is 4. The van der Waals surface area contributed by atoms with Crippen LogP contribution < -0.4 is 136 Å². The van der Waals surface area contributed by atoms with E-state index in [-0.39, 0.29) is 89.7 Å². The van der Waals surface area contributed by atoms with Crippen LogP contribution in [0.3, 0.4) is 0 Å². The van der Waals surface area contributed by atoms with Crippen LogP contribution in [0.15, 0.2) is 0 Å². The highest BCUT2D eigenvalue weighted by molar-refractivity contribution is 7.98. The molecule has 0 aromatic heterocycles. The zero-order chi connectivity index (χ0) is 103. The number of hydrogen-bond acceptors (Lipinski definition) is 29. The van der Waals surface area contributed by atoms with Gasteiger partial charge in [0.25, 0.3) is 0 Å². The number of carbonyl (C=O) groups excluding carboxylic acids is 17. The van der Waals surface area contributed by atoms with Crippen molar-refractivity contribution in [2.45, 2.75) is 287 Å². The molecule has 134 heavy (non-hydrogen) atoms. The summed E-state index contributed by atoms with van der Waals surface area (Å²) in [5, 5.41) is 126. The van der Waals surface area contributed by atoms with E-state index in [1.165, 1.54) is 53.3 Å². The number of amides is 17. The molecule has 0 aliphatic heterocycles. The number of primary amides is 2. The summed E-state index contributed by atoms with van der Waals surface area (Å²) in [6.07, 6.45) is -8.90. The number of carbonyl (C=O) groups is 21. The Balaban J connectivity index is 7.50. The van der Waals surface area contributed by atoms with E-state index in [0.29, 0.717) is 6.42 Å². The lowest BCUT2D eigenvalue weighted by atomic mass is 10.0. The molecule has 18 atom stereocenters. The van der Waals surface area contributed by atoms with Crippen molar-refractivity contribution in [1.82, 2.24) is 95.7 Å². The third-order valence-corrected chi connectivity index (χ3v) is 20.6. The van der Waals surface area contributed by atoms with Gasteiger partial charge in [-0.1, -0.05) is 41.5 Å². The van der Waals surface area contributed by atoms with Gasteiger partial charge >= 0.3 is 23.9 Å². The number of carboxylic acid groups (broad SMARTS) is 4. The number of hydrogen-bond donors (Lipinski definition) is 34. The first kappa shape index (κ1) is 121. The molecule has 17 amide bonds. The molecule has 0 aromatic carbocycles. The lowest BCUT2D eigenvalue weighted by Gasteiger charge is -2.30. The van der Waals surface area contributed by atoms with Gasteiger partial charge in [-0.25, -0.2) is 4.79 Å². The van der Waals surface area contributed by atoms with Crippen molar-refractivity contribution in [3.8, 4) is 0 Å². The van der Waals surface area contributed by atoms with Gasteiger partial charge in [0.05, 0.1) is 31.1 Å². The largest absolute Gasteiger partial charge is 0.481 e. The number of nitrogens with one attached hydrogen (secondary N) is 21. The molecule has 56 heteroatoms. The fourth-order valence-corrected chi connectivity index (χ4v) is 12.9. The summed E-state index contributed by atoms with van der Waals surface area (Å²) in [6.45, 7) is 11.8. The summed E-state index contributed by atoms with van der Waals surface area (Å²) >= 11 is 1.25. The van der Waals surface area contributed by atoms with Crippen LogP contribution in [-0.4, -0.2) is 320 Å². The minimum atomic E-state index is -2.01. The van der Waals surface area contributed by atoms with E-state index in [1.807, 2.05) is 0 Å². The molecule has 0 rings (SSSR count). The van der Waals surface area contributed by atoms with E-state index in [2.05, 4.69) is 95.7 Å². The van der Waals surface area contributed by atoms with Gasteiger partial charge in [0.1, 0.15) is 90.6 Å². The maximum absolute atomic E-state index is 14.7. The molecule has 0 saturated heterocycles. The third-order valence-electron chi connectivity index (χ3n) is 19.9. The minimum absolute atomic E-state index is 0.0627. The normalized spacial score (nSPS) is 15.1. The molecule has 0 heterocycles. The maximum Gasteiger partial charge on any atom is 0.326 e. The summed E-state index contributed by atoms with van der Waals surface area (Å²) in [7, 11) is 0. The number of nitrogens with two attached hydrogens (primary N) is 7. The first-order valence-electron chi connectivity index (χ1n) is 43.1. The fourth-order valence-electron chi connectivity index (χ4n) is 12.5. The molecule has 758 valence electrons. The highest BCUT2D eigenvalue weighted by Gasteiger charge is 2.41. The predicted octanol–water partition coefficient (Wildman–Crippen LogP) is -11.6. The number of unbranched alkanes of at least 4 members (excludes halogenated alkanes) is 1. The van der Waals surface area contributed by atoms with E-state index >= 15 is 0 Å². The number of carboxylic acids is 4. The second kappa shape index (κ2) is 63.1. The highest BCUT2D eigenvalue weighted by atomic mass is 32.2. The van der Waals surface area contributed by atoms with Crippen LogP contribution in [0.4, 0.5) is 0 Å². The van der Waals surface area contributed by atoms with Crippen molar-refractivity contribution in [3.63, 3.8) is 0 Å². The molecule has 0 aliphatic carbocycles. The average Bonchev–Trinajstić information content (AvgIpc) is 0.847. The van der Waals surface area contributed by atoms with E-state index in [4.69, 9.17) is 56.4 Å². The van der Waals surface area contributed by atoms with Crippen LogP contribution in [0.25, 0.3) is 0 Å². The minimum Gasteiger partial charge on any atom is -0.481 e. The summed E-state index contributed by atoms with van der Waals surface area (Å²) in [6, 6.07) is -27.5. The second-order valence-electron chi connectivity index (χ2n) is 32.5. The standard InChI is InChI=1S/C78H138N28O27S/c1-34(2)55(102-61(118)40(80)32-53(113)114)70(127)100-48(26-31-134-10)69(126)105-58(38(8)107)73(130)99-44(19-15-30-91-78(87)88)64(121)94-43(18-14-29-90-77(85)86)63(120)95-45(20-23-50(81)109)67(124)103-56(35(3)4)71(128)98-42(17-13-28-89-76(83)84)62(119)92-37(7)60(117)93-47(22-25-52(111)112)66(123)96-46(21-24-51(82)110)68(125)106-59(39(9)108)74(131)104-57(36(5)6)72(129)97-41(16-11-12-27-79)65(122)101-49(75(132)133)33-54(115)116/h34-49,55-59,107-108H,11-33,79-80H2,1-10H3,(H2,81,109)(H2,82,110)(H,92,119)(H,93,117)(H,94,121)(H,95,120)(H,96,123)(H,97,129)(H,98,128)(H,99,130)(H,100,127)(H,101,122)(H,102,118)(H,103,124)(H,104,131)(H,105,126)(H,106,125)(H,111,112)(H,113,114)(H,115,116)(H,132,133)(H4,83,84,89)(H4,85,86,90)(H4,87,88,91)/t37-,38+,39+,40-,41-,42-,43-,44-,45-,46-,47-,48-,49-,55-,56-,57-,58-,59-/m0/s1. The summed E-state index contributed by atoms with van der Waals surface area (Å²) in [4.78, 5) is 283. The lowest BCUT2D eigenvalue weighted by molar-refractivity contribution is -0.147. The topological polar surface area (TPSA) is 950 Å². The van der Waals surface area contributed by atoms with E-state index < -0.39 is 320 Å². The van der Waals surface area contributed by atoms with Gasteiger partial charge in [0, 0.05) is 38.9 Å². The molecule has 0 bridgehead atoms. The first-order chi connectivity index (χ1) is 62.5. The SMILES string of the molecule is CSCC[C@H](NC(=O)[C@@H](NC(=O)[C@@H](N)CC(=O)O)C(C)C)C(=O)N[C@H](C(=O)N[C@@H](CCCNC(=N)N)C(=O)N[C@@H](CCCNC(=N)N)C(=O)N[C@@H](CCC(N)=O)C(=O)N[C@H](C(=O)N[C@@H](CCCNC(=N)N)C(=O)N[C@@H](C)C(=O)N[C@@H](CCC(=O)O)C(=O)N[C@@H](CCC(N)=O)C(=O)N[C@H](C(=O)N[C@H](C(=O)N[C@@H](CCCCN)C(=O)N[C@@H](CC(=O)O)C(=O)O)C(C)C)[C@@H](C)O)C(C)C)[C@@H](C)O. The van der Waals surface area contributed by atoms with Crippen molar-refractivity contribution in [2.75, 3.05) is 38.2 Å². The van der Waals surface area contributed by atoms with Gasteiger partial charge < -0.3 is 166 Å². The van der Waals surface area contributed by atoms with Crippen LogP contribution in [0, 0.1) is 34.0 Å². The molecule has 41 N–H and O–H groups in total. The van der Waals surface area contributed by atoms with E-state index in [0.717, 1.165) is 20.8 Å². The van der Waals surface area contributed by atoms with Gasteiger partial charge in [0.2, 0.25) is 100 Å². The lowest BCUT2D eigenvalue weighted by Crippen LogP contribution is -2.62. The van der Waals surface area contributed by atoms with Crippen molar-refractivity contribution < 1.29 is 131 Å². The Morgan fingerprint density at radius 3 is 0.858 bits per heavy atom. The Hall–Kier alpha value is -13.1. The van der Waals surface area contributed by atoms with E-state index in [1.54, 1.807) is 6.26 Å². The van der Waals surface area contributed by atoms with Crippen molar-refractivity contribution in [3.05, 3.63) is 0 Å². The predicted molar refractivity (Wildman–Crippen MR) is 480 cm³/mol. The molecule has 0 fully saturated rings. The summed E-state index contributed by atoms with van der Waals surface area (Å²) in [5.41, 5.74) is 38.8. The number of guanidine groups is 3. The Labute approximate surface area is 776 Å². The van der Waals surface area contributed by atoms with Crippen molar-refractivity contribution in [2.24, 2.45) is 57.9 Å². The fraction of sp³-hybridized carbons (Fsp3) is 0.692. The Bertz CT molecular complexity index is 4050. The van der Waals surface area contributed by atoms with Crippen LogP contribution in [-0.2, 0) is 101 Å². The molecular weight excluding hydrogens is 1790 g/mol. The van der Waals surface area contributed by atoms with Gasteiger partial charge in [-0.15, -0.1) is 0 Å². The Kier molecular flexibility index (Phi) is 56.9. The Morgan fingerprint density at radius 1 is 0.299 bits per heavy atom. The zero-order valence-corrected chi connectivity index (χ0v) is 77.4. The molecule has 0 aromatic rings. The second-order valence-corrected chi connectivity index (χ2v) is 33.5. The zero-order valence-electron chi connectivity index (χ0n) is 76.6. The highest BCUT2D eigenvalue weighted by Crippen LogP contribution is 2.16. The molecule has 0 unspecified atom stereocenters. The molecule has 0 aliphatic rings. The average molecular weight is 1930 g/mol. The maximum atomic E-state index is 14.7. The van der Waals surface area contributed by atoms with E-state index in [9.17, 15) is 131 Å². The molecule has 0 radical (unpaired) electrons. The molecular formula is C78H138N28O27S. The molecule has 0 saturated carbocycles. The van der Waals surface area contributed by atoms with Crippen LogP contribution >= 0.6 is 11.8 Å². The first-order valence-corrected chi connectivity index (χ1v) is 44.4. The Morgan fingerprint density at radius 2 is 0.560 bits per heavy atom. The number of rotatable bonds is 68. The number of aliphatic hydroxyl groups is 2. The number of aliphatic hydroxyl groups excluding tert-OH is 2. The van der Waals surface area contributed by atoms with Gasteiger partial charge in [-0.2, -0.15) is 11.8 Å². The van der Waals surface area contributed by atoms with Crippen LogP contribution in [0.5, 0.6) is 0 Å². The summed E-state index contributed by atoms with van der Waals surface area (Å²) in [5.74, 6) is -29.2. The van der Waals surface area contributed by atoms with Gasteiger partial charge in [0.15, 0.2) is 17.9 Å². The van der Waals surface area contributed by atoms with Gasteiger partial charge in [-0.05, 0) is 141 Å². The van der Waals surface area contributed by atoms with Crippen molar-refractivity contribution in [1.29, 1.82) is 16.2 Å². The number of thioether (sulfide) groups is 1. The quantitative estimate of drug-likeness (QED) is 0.0153. The smallest absolute Gasteiger partial charge is 0.326 e. The molecule has 0 spiro atoms. The molecule has 55 nitrogen and oxygen atoms in total. The van der Waals surface area contributed by atoms with Crippen LogP contribution in [0.2, 0.25) is 0 Å². The third kappa shape index (κ3) is 48.8. The van der Waals surface area contributed by atoms with Crippen molar-refractivity contribution >= 4 is 154 Å². The van der Waals surface area contributed by atoms with Gasteiger partial charge in [-0.3, -0.25) is 112 Å². The monoisotopic (exact) mass is 1930 g/mol. The van der Waals surface area contributed by atoms with Crippen LogP contribution in [0.1, 0.15) is 178 Å². The summed E-state index contributed by atoms with van der Waals surface area (Å²) < 4.78 is 0.